The molecule has 0 aromatic heterocycles. The van der Waals surface area contributed by atoms with Crippen molar-refractivity contribution in [3.8, 4) is 0 Å². The maximum absolute atomic E-state index is 12.3. The summed E-state index contributed by atoms with van der Waals surface area (Å²) in [5.74, 6) is -0.399. The number of hydrogen-bond acceptors (Lipinski definition) is 4. The lowest BCUT2D eigenvalue weighted by atomic mass is 9.85. The van der Waals surface area contributed by atoms with Crippen LogP contribution in [0.2, 0.25) is 0 Å². The smallest absolute Gasteiger partial charge is 0.411 e. The largest absolute Gasteiger partial charge is 0.467 e. The zero-order valence-electron chi connectivity index (χ0n) is 13.0. The van der Waals surface area contributed by atoms with Crippen molar-refractivity contribution in [2.45, 2.75) is 59.1 Å². The van der Waals surface area contributed by atoms with Gasteiger partial charge in [-0.05, 0) is 39.5 Å². The summed E-state index contributed by atoms with van der Waals surface area (Å²) in [5.41, 5.74) is -1.68. The van der Waals surface area contributed by atoms with Crippen LogP contribution in [0, 0.1) is 5.41 Å². The Morgan fingerprint density at radius 2 is 1.68 bits per heavy atom. The second-order valence-corrected chi connectivity index (χ2v) is 7.17. The third-order valence-electron chi connectivity index (χ3n) is 3.24. The topological polar surface area (TPSA) is 55.8 Å². The van der Waals surface area contributed by atoms with Crippen LogP contribution < -0.4 is 0 Å². The van der Waals surface area contributed by atoms with Crippen LogP contribution in [-0.2, 0) is 14.3 Å². The van der Waals surface area contributed by atoms with Crippen molar-refractivity contribution in [3.63, 3.8) is 0 Å². The molecule has 0 N–H and O–H groups in total. The summed E-state index contributed by atoms with van der Waals surface area (Å²) in [7, 11) is 1.34. The Bertz CT molecular complexity index is 383. The Labute approximate surface area is 115 Å². The van der Waals surface area contributed by atoms with Crippen molar-refractivity contribution in [3.05, 3.63) is 0 Å². The molecule has 5 heteroatoms. The number of methoxy groups -OCH3 is 1. The summed E-state index contributed by atoms with van der Waals surface area (Å²) < 4.78 is 10.2. The van der Waals surface area contributed by atoms with Gasteiger partial charge in [0.25, 0.3) is 0 Å². The fourth-order valence-corrected chi connectivity index (χ4v) is 2.67. The Kier molecular flexibility index (Phi) is 3.90. The number of rotatable bonds is 1. The Morgan fingerprint density at radius 3 is 2.11 bits per heavy atom. The first-order chi connectivity index (χ1) is 8.41. The standard InChI is InChI=1S/C14H25NO4/c1-12(2,3)19-11(17)15-9-13(4,5)8-14(15,6)10(16)18-7/h8-9H2,1-7H3. The van der Waals surface area contributed by atoms with E-state index in [1.807, 2.05) is 34.6 Å². The molecule has 0 saturated carbocycles. The molecule has 110 valence electrons. The summed E-state index contributed by atoms with van der Waals surface area (Å²) in [5, 5.41) is 0. The van der Waals surface area contributed by atoms with Gasteiger partial charge in [0.2, 0.25) is 0 Å². The van der Waals surface area contributed by atoms with Crippen LogP contribution in [0.1, 0.15) is 48.0 Å². The summed E-state index contributed by atoms with van der Waals surface area (Å²) in [6, 6.07) is 0. The molecule has 1 rings (SSSR count). The first kappa shape index (κ1) is 15.8. The number of carbonyl (C=O) groups excluding carboxylic acids is 2. The summed E-state index contributed by atoms with van der Waals surface area (Å²) >= 11 is 0. The summed E-state index contributed by atoms with van der Waals surface area (Å²) in [4.78, 5) is 25.8. The Hall–Kier alpha value is -1.26. The summed E-state index contributed by atoms with van der Waals surface area (Å²) in [6.45, 7) is 11.7. The van der Waals surface area contributed by atoms with Gasteiger partial charge in [0.15, 0.2) is 0 Å². The number of carbonyl (C=O) groups is 2. The van der Waals surface area contributed by atoms with E-state index in [1.165, 1.54) is 12.0 Å². The zero-order chi connectivity index (χ0) is 15.1. The first-order valence-electron chi connectivity index (χ1n) is 6.50. The van der Waals surface area contributed by atoms with Gasteiger partial charge in [-0.3, -0.25) is 4.90 Å². The molecule has 1 atom stereocenters. The molecule has 0 bridgehead atoms. The highest BCUT2D eigenvalue weighted by Gasteiger charge is 2.54. The van der Waals surface area contributed by atoms with Crippen molar-refractivity contribution in [1.29, 1.82) is 0 Å². The normalized spacial score (nSPS) is 26.2. The van der Waals surface area contributed by atoms with Gasteiger partial charge < -0.3 is 9.47 Å². The maximum Gasteiger partial charge on any atom is 0.411 e. The van der Waals surface area contributed by atoms with Gasteiger partial charge in [0, 0.05) is 6.54 Å². The van der Waals surface area contributed by atoms with Crippen LogP contribution in [0.4, 0.5) is 4.79 Å². The van der Waals surface area contributed by atoms with Gasteiger partial charge >= 0.3 is 12.1 Å². The average Bonchev–Trinajstić information content (AvgIpc) is 2.46. The molecule has 1 heterocycles. The fourth-order valence-electron chi connectivity index (χ4n) is 2.67. The van der Waals surface area contributed by atoms with Crippen molar-refractivity contribution in [1.82, 2.24) is 4.90 Å². The van der Waals surface area contributed by atoms with Gasteiger partial charge in [0.05, 0.1) is 7.11 Å². The van der Waals surface area contributed by atoms with Crippen LogP contribution in [0.3, 0.4) is 0 Å². The van der Waals surface area contributed by atoms with Crippen molar-refractivity contribution in [2.75, 3.05) is 13.7 Å². The zero-order valence-corrected chi connectivity index (χ0v) is 13.0. The third-order valence-corrected chi connectivity index (χ3v) is 3.24. The van der Waals surface area contributed by atoms with E-state index in [1.54, 1.807) is 6.92 Å². The SMILES string of the molecule is COC(=O)C1(C)CC(C)(C)CN1C(=O)OC(C)(C)C. The van der Waals surface area contributed by atoms with E-state index < -0.39 is 23.2 Å². The fraction of sp³-hybridized carbons (Fsp3) is 0.857. The molecule has 1 saturated heterocycles. The number of nitrogens with zero attached hydrogens (tertiary/aromatic N) is 1. The average molecular weight is 271 g/mol. The second-order valence-electron chi connectivity index (χ2n) is 7.17. The van der Waals surface area contributed by atoms with Gasteiger partial charge in [-0.25, -0.2) is 9.59 Å². The van der Waals surface area contributed by atoms with E-state index in [0.29, 0.717) is 13.0 Å². The van der Waals surface area contributed by atoms with E-state index >= 15 is 0 Å². The molecule has 19 heavy (non-hydrogen) atoms. The minimum atomic E-state index is -0.958. The molecule has 1 aliphatic rings. The lowest BCUT2D eigenvalue weighted by Gasteiger charge is -2.33. The molecular formula is C14H25NO4. The lowest BCUT2D eigenvalue weighted by molar-refractivity contribution is -0.152. The predicted molar refractivity (Wildman–Crippen MR) is 71.8 cm³/mol. The quantitative estimate of drug-likeness (QED) is 0.688. The summed E-state index contributed by atoms with van der Waals surface area (Å²) in [6.07, 6.45) is 0.0947. The molecule has 1 fully saturated rings. The molecule has 1 aliphatic heterocycles. The van der Waals surface area contributed by atoms with Crippen LogP contribution in [0.25, 0.3) is 0 Å². The molecule has 0 aromatic rings. The first-order valence-corrected chi connectivity index (χ1v) is 6.50. The van der Waals surface area contributed by atoms with E-state index in [0.717, 1.165) is 0 Å². The number of hydrogen-bond donors (Lipinski definition) is 0. The van der Waals surface area contributed by atoms with Crippen molar-refractivity contribution in [2.24, 2.45) is 5.41 Å². The predicted octanol–water partition coefficient (Wildman–Crippen LogP) is 2.59. The van der Waals surface area contributed by atoms with Gasteiger partial charge in [0.1, 0.15) is 11.1 Å². The van der Waals surface area contributed by atoms with E-state index in [-0.39, 0.29) is 5.41 Å². The highest BCUT2D eigenvalue weighted by atomic mass is 16.6. The van der Waals surface area contributed by atoms with E-state index in [2.05, 4.69) is 0 Å². The minimum absolute atomic E-state index is 0.139. The maximum atomic E-state index is 12.3. The highest BCUT2D eigenvalue weighted by Crippen LogP contribution is 2.42. The van der Waals surface area contributed by atoms with Crippen LogP contribution >= 0.6 is 0 Å². The molecule has 5 nitrogen and oxygen atoms in total. The third kappa shape index (κ3) is 3.39. The second kappa shape index (κ2) is 4.69. The molecule has 0 aromatic carbocycles. The molecule has 0 aliphatic carbocycles. The molecule has 0 radical (unpaired) electrons. The van der Waals surface area contributed by atoms with Crippen molar-refractivity contribution >= 4 is 12.1 Å². The van der Waals surface area contributed by atoms with Crippen LogP contribution in [0.5, 0.6) is 0 Å². The highest BCUT2D eigenvalue weighted by molar-refractivity contribution is 5.86. The van der Waals surface area contributed by atoms with E-state index in [9.17, 15) is 9.59 Å². The molecule has 1 unspecified atom stereocenters. The van der Waals surface area contributed by atoms with Crippen LogP contribution in [-0.4, -0.2) is 41.8 Å². The Morgan fingerprint density at radius 1 is 1.16 bits per heavy atom. The monoisotopic (exact) mass is 271 g/mol. The van der Waals surface area contributed by atoms with Gasteiger partial charge in [-0.2, -0.15) is 0 Å². The number of amides is 1. The Balaban J connectivity index is 3.02. The molecular weight excluding hydrogens is 246 g/mol. The van der Waals surface area contributed by atoms with Gasteiger partial charge in [-0.1, -0.05) is 13.8 Å². The van der Waals surface area contributed by atoms with Crippen LogP contribution in [0.15, 0.2) is 0 Å². The number of ether oxygens (including phenoxy) is 2. The van der Waals surface area contributed by atoms with Gasteiger partial charge in [-0.15, -0.1) is 0 Å². The van der Waals surface area contributed by atoms with E-state index in [4.69, 9.17) is 9.47 Å². The minimum Gasteiger partial charge on any atom is -0.467 e. The molecule has 0 spiro atoms. The lowest BCUT2D eigenvalue weighted by Crippen LogP contribution is -2.52. The number of esters is 1. The van der Waals surface area contributed by atoms with Crippen molar-refractivity contribution < 1.29 is 19.1 Å². The number of likely N-dealkylation sites (tertiary alicyclic amines) is 1. The molecule has 1 amide bonds.